The minimum Gasteiger partial charge on any atom is -0.493 e. The first-order valence-electron chi connectivity index (χ1n) is 6.05. The van der Waals surface area contributed by atoms with Crippen LogP contribution in [-0.2, 0) is 0 Å². The van der Waals surface area contributed by atoms with Crippen LogP contribution in [0.4, 0.5) is 4.39 Å². The van der Waals surface area contributed by atoms with Crippen LogP contribution in [0.15, 0.2) is 12.1 Å². The first kappa shape index (κ1) is 15.1. The standard InChI is InChI=1S/C14H20ClFO2/c1-9(2)5-6-11(15)10-7-13(17-3)14(18-4)8-12(10)16/h7-9,11H,5-6H2,1-4H3. The Kier molecular flexibility index (Phi) is 5.73. The SMILES string of the molecule is COc1cc(F)c(C(Cl)CCC(C)C)cc1OC. The number of methoxy groups -OCH3 is 2. The van der Waals surface area contributed by atoms with E-state index in [1.165, 1.54) is 20.3 Å². The second-order valence-corrected chi connectivity index (χ2v) is 5.19. The Morgan fingerprint density at radius 3 is 2.17 bits per heavy atom. The topological polar surface area (TPSA) is 18.5 Å². The van der Waals surface area contributed by atoms with Crippen LogP contribution < -0.4 is 9.47 Å². The van der Waals surface area contributed by atoms with E-state index in [9.17, 15) is 4.39 Å². The van der Waals surface area contributed by atoms with E-state index in [1.54, 1.807) is 6.07 Å². The molecule has 1 unspecified atom stereocenters. The molecule has 2 nitrogen and oxygen atoms in total. The fourth-order valence-electron chi connectivity index (χ4n) is 1.75. The van der Waals surface area contributed by atoms with Crippen molar-refractivity contribution in [2.45, 2.75) is 32.1 Å². The minimum atomic E-state index is -0.351. The summed E-state index contributed by atoms with van der Waals surface area (Å²) < 4.78 is 24.1. The number of rotatable bonds is 6. The first-order valence-corrected chi connectivity index (χ1v) is 6.48. The summed E-state index contributed by atoms with van der Waals surface area (Å²) >= 11 is 6.24. The average molecular weight is 275 g/mol. The highest BCUT2D eigenvalue weighted by molar-refractivity contribution is 6.20. The molecule has 4 heteroatoms. The zero-order valence-electron chi connectivity index (χ0n) is 11.3. The molecular formula is C14H20ClFO2. The quantitative estimate of drug-likeness (QED) is 0.708. The van der Waals surface area contributed by atoms with Gasteiger partial charge in [0.05, 0.1) is 19.6 Å². The molecule has 18 heavy (non-hydrogen) atoms. The van der Waals surface area contributed by atoms with Crippen LogP contribution in [0, 0.1) is 11.7 Å². The summed E-state index contributed by atoms with van der Waals surface area (Å²) in [6.07, 6.45) is 1.70. The lowest BCUT2D eigenvalue weighted by Gasteiger charge is -2.15. The smallest absolute Gasteiger partial charge is 0.163 e. The summed E-state index contributed by atoms with van der Waals surface area (Å²) in [5.74, 6) is 1.08. The molecule has 0 bridgehead atoms. The number of halogens is 2. The third-order valence-corrected chi connectivity index (χ3v) is 3.29. The fourth-order valence-corrected chi connectivity index (χ4v) is 2.04. The van der Waals surface area contributed by atoms with Gasteiger partial charge in [-0.05, 0) is 24.8 Å². The zero-order valence-corrected chi connectivity index (χ0v) is 12.1. The van der Waals surface area contributed by atoms with E-state index in [4.69, 9.17) is 21.1 Å². The van der Waals surface area contributed by atoms with Gasteiger partial charge in [-0.2, -0.15) is 0 Å². The van der Waals surface area contributed by atoms with Gasteiger partial charge in [-0.1, -0.05) is 13.8 Å². The summed E-state index contributed by atoms with van der Waals surface area (Å²) in [6.45, 7) is 4.24. The van der Waals surface area contributed by atoms with E-state index in [0.717, 1.165) is 12.8 Å². The summed E-state index contributed by atoms with van der Waals surface area (Å²) in [4.78, 5) is 0. The molecule has 0 aliphatic heterocycles. The summed E-state index contributed by atoms with van der Waals surface area (Å²) in [6, 6.07) is 2.94. The van der Waals surface area contributed by atoms with Gasteiger partial charge in [0.2, 0.25) is 0 Å². The number of ether oxygens (including phenoxy) is 2. The number of benzene rings is 1. The summed E-state index contributed by atoms with van der Waals surface area (Å²) in [5, 5.41) is -0.341. The zero-order chi connectivity index (χ0) is 13.7. The van der Waals surface area contributed by atoms with Crippen LogP contribution in [0.25, 0.3) is 0 Å². The molecule has 0 N–H and O–H groups in total. The van der Waals surface area contributed by atoms with Crippen molar-refractivity contribution in [2.75, 3.05) is 14.2 Å². The van der Waals surface area contributed by atoms with Crippen molar-refractivity contribution < 1.29 is 13.9 Å². The third-order valence-electron chi connectivity index (χ3n) is 2.84. The van der Waals surface area contributed by atoms with Crippen molar-refractivity contribution in [2.24, 2.45) is 5.92 Å². The molecule has 0 aliphatic carbocycles. The Bertz CT molecular complexity index is 394. The predicted octanol–water partition coefficient (Wildman–Crippen LogP) is 4.56. The molecule has 0 amide bonds. The lowest BCUT2D eigenvalue weighted by molar-refractivity contribution is 0.351. The lowest BCUT2D eigenvalue weighted by atomic mass is 10.0. The molecule has 102 valence electrons. The van der Waals surface area contributed by atoms with Gasteiger partial charge in [-0.15, -0.1) is 11.6 Å². The van der Waals surface area contributed by atoms with Gasteiger partial charge in [0.1, 0.15) is 5.82 Å². The molecule has 1 atom stereocenters. The van der Waals surface area contributed by atoms with Gasteiger partial charge in [-0.3, -0.25) is 0 Å². The number of hydrogen-bond donors (Lipinski definition) is 0. The Balaban J connectivity index is 2.94. The highest BCUT2D eigenvalue weighted by atomic mass is 35.5. The van der Waals surface area contributed by atoms with Gasteiger partial charge in [0, 0.05) is 11.6 Å². The van der Waals surface area contributed by atoms with E-state index < -0.39 is 0 Å². The molecule has 0 fully saturated rings. The van der Waals surface area contributed by atoms with Crippen molar-refractivity contribution in [3.05, 3.63) is 23.5 Å². The molecule has 1 aromatic carbocycles. The largest absolute Gasteiger partial charge is 0.493 e. The molecule has 0 spiro atoms. The van der Waals surface area contributed by atoms with Gasteiger partial charge in [0.25, 0.3) is 0 Å². The van der Waals surface area contributed by atoms with Crippen molar-refractivity contribution in [3.8, 4) is 11.5 Å². The Morgan fingerprint density at radius 2 is 1.67 bits per heavy atom. The van der Waals surface area contributed by atoms with E-state index in [2.05, 4.69) is 13.8 Å². The van der Waals surface area contributed by atoms with E-state index in [-0.39, 0.29) is 11.2 Å². The van der Waals surface area contributed by atoms with Crippen molar-refractivity contribution in [1.29, 1.82) is 0 Å². The third kappa shape index (κ3) is 3.77. The van der Waals surface area contributed by atoms with Crippen molar-refractivity contribution in [3.63, 3.8) is 0 Å². The fraction of sp³-hybridized carbons (Fsp3) is 0.571. The number of hydrogen-bond acceptors (Lipinski definition) is 2. The van der Waals surface area contributed by atoms with Gasteiger partial charge in [0.15, 0.2) is 11.5 Å². The Hall–Kier alpha value is -0.960. The lowest BCUT2D eigenvalue weighted by Crippen LogP contribution is -2.00. The summed E-state index contributed by atoms with van der Waals surface area (Å²) in [5.41, 5.74) is 0.468. The first-order chi connectivity index (χ1) is 8.49. The monoisotopic (exact) mass is 274 g/mol. The second-order valence-electron chi connectivity index (χ2n) is 4.67. The second kappa shape index (κ2) is 6.83. The van der Waals surface area contributed by atoms with Crippen LogP contribution in [0.2, 0.25) is 0 Å². The van der Waals surface area contributed by atoms with Crippen molar-refractivity contribution in [1.82, 2.24) is 0 Å². The maximum Gasteiger partial charge on any atom is 0.163 e. The molecule has 0 saturated carbocycles. The van der Waals surface area contributed by atoms with E-state index in [1.807, 2.05) is 0 Å². The molecule has 0 saturated heterocycles. The van der Waals surface area contributed by atoms with Gasteiger partial charge in [-0.25, -0.2) is 4.39 Å². The molecule has 0 aliphatic rings. The van der Waals surface area contributed by atoms with E-state index in [0.29, 0.717) is 23.0 Å². The Labute approximate surface area is 113 Å². The minimum absolute atomic E-state index is 0.341. The number of alkyl halides is 1. The molecule has 1 rings (SSSR count). The maximum absolute atomic E-state index is 13.9. The van der Waals surface area contributed by atoms with Crippen LogP contribution in [-0.4, -0.2) is 14.2 Å². The van der Waals surface area contributed by atoms with Crippen LogP contribution >= 0.6 is 11.6 Å². The van der Waals surface area contributed by atoms with Crippen LogP contribution in [0.3, 0.4) is 0 Å². The molecule has 0 heterocycles. The van der Waals surface area contributed by atoms with Crippen LogP contribution in [0.5, 0.6) is 11.5 Å². The van der Waals surface area contributed by atoms with E-state index >= 15 is 0 Å². The van der Waals surface area contributed by atoms with Gasteiger partial charge < -0.3 is 9.47 Å². The molecule has 0 aromatic heterocycles. The molecular weight excluding hydrogens is 255 g/mol. The molecule has 1 aromatic rings. The normalized spacial score (nSPS) is 12.6. The Morgan fingerprint density at radius 1 is 1.11 bits per heavy atom. The summed E-state index contributed by atoms with van der Waals surface area (Å²) in [7, 11) is 3.00. The predicted molar refractivity (Wildman–Crippen MR) is 72.2 cm³/mol. The average Bonchev–Trinajstić information content (AvgIpc) is 2.35. The van der Waals surface area contributed by atoms with Crippen molar-refractivity contribution >= 4 is 11.6 Å². The highest BCUT2D eigenvalue weighted by Crippen LogP contribution is 2.36. The van der Waals surface area contributed by atoms with Gasteiger partial charge >= 0.3 is 0 Å². The highest BCUT2D eigenvalue weighted by Gasteiger charge is 2.17. The van der Waals surface area contributed by atoms with Crippen LogP contribution in [0.1, 0.15) is 37.6 Å². The molecule has 0 radical (unpaired) electrons. The maximum atomic E-state index is 13.9.